The average Bonchev–Trinajstić information content (AvgIpc) is 3.20. The maximum Gasteiger partial charge on any atom is 0.418 e. The van der Waals surface area contributed by atoms with Crippen molar-refractivity contribution in [1.29, 1.82) is 0 Å². The van der Waals surface area contributed by atoms with Gasteiger partial charge in [0.1, 0.15) is 11.9 Å². The van der Waals surface area contributed by atoms with Crippen LogP contribution in [0.25, 0.3) is 0 Å². The van der Waals surface area contributed by atoms with E-state index in [9.17, 15) is 13.2 Å². The quantitative estimate of drug-likeness (QED) is 0.909. The summed E-state index contributed by atoms with van der Waals surface area (Å²) in [7, 11) is 0. The molecule has 2 aromatic rings. The highest BCUT2D eigenvalue weighted by Crippen LogP contribution is 2.32. The molecule has 0 amide bonds. The molecule has 0 unspecified atom stereocenters. The van der Waals surface area contributed by atoms with Crippen molar-refractivity contribution in [3.8, 4) is 0 Å². The van der Waals surface area contributed by atoms with Crippen molar-refractivity contribution >= 4 is 0 Å². The van der Waals surface area contributed by atoms with E-state index in [1.807, 2.05) is 17.7 Å². The number of aryl methyl sites for hydroxylation is 1. The number of hydrogen-bond donors (Lipinski definition) is 1. The molecule has 0 saturated carbocycles. The lowest BCUT2D eigenvalue weighted by Crippen LogP contribution is -2.33. The zero-order valence-corrected chi connectivity index (χ0v) is 13.3. The van der Waals surface area contributed by atoms with Crippen molar-refractivity contribution in [2.75, 3.05) is 6.61 Å². The topological polar surface area (TPSA) is 52.0 Å². The summed E-state index contributed by atoms with van der Waals surface area (Å²) in [5.41, 5.74) is -0.711. The van der Waals surface area contributed by atoms with E-state index in [0.717, 1.165) is 24.9 Å². The van der Waals surface area contributed by atoms with Gasteiger partial charge in [-0.25, -0.2) is 4.98 Å². The van der Waals surface area contributed by atoms with E-state index in [0.29, 0.717) is 6.61 Å². The van der Waals surface area contributed by atoms with Gasteiger partial charge in [-0.1, -0.05) is 0 Å². The van der Waals surface area contributed by atoms with Crippen LogP contribution in [0.5, 0.6) is 0 Å². The number of halogens is 3. The first-order valence-electron chi connectivity index (χ1n) is 7.87. The molecule has 0 aliphatic carbocycles. The summed E-state index contributed by atoms with van der Waals surface area (Å²) in [6.07, 6.45) is 0.994. The summed E-state index contributed by atoms with van der Waals surface area (Å²) >= 11 is 0. The van der Waals surface area contributed by atoms with Gasteiger partial charge in [-0.05, 0) is 25.5 Å². The lowest BCUT2D eigenvalue weighted by molar-refractivity contribution is -0.138. The first-order chi connectivity index (χ1) is 11.5. The van der Waals surface area contributed by atoms with Gasteiger partial charge in [0.25, 0.3) is 0 Å². The number of ether oxygens (including phenoxy) is 1. The number of rotatable bonds is 5. The van der Waals surface area contributed by atoms with Crippen molar-refractivity contribution in [2.45, 2.75) is 44.8 Å². The molecule has 1 saturated heterocycles. The normalized spacial score (nSPS) is 21.3. The van der Waals surface area contributed by atoms with Crippen molar-refractivity contribution in [1.82, 2.24) is 19.9 Å². The molecule has 2 atom stereocenters. The fourth-order valence-electron chi connectivity index (χ4n) is 2.96. The maximum atomic E-state index is 13.0. The van der Waals surface area contributed by atoms with Crippen LogP contribution in [0.15, 0.2) is 30.7 Å². The van der Waals surface area contributed by atoms with E-state index < -0.39 is 11.7 Å². The van der Waals surface area contributed by atoms with Gasteiger partial charge in [-0.3, -0.25) is 4.98 Å². The minimum Gasteiger partial charge on any atom is -0.369 e. The average molecular weight is 340 g/mol. The second kappa shape index (κ2) is 6.90. The molecule has 8 heteroatoms. The van der Waals surface area contributed by atoms with Crippen molar-refractivity contribution in [2.24, 2.45) is 0 Å². The van der Waals surface area contributed by atoms with Crippen LogP contribution in [0.4, 0.5) is 13.2 Å². The van der Waals surface area contributed by atoms with E-state index in [-0.39, 0.29) is 24.4 Å². The van der Waals surface area contributed by atoms with E-state index >= 15 is 0 Å². The number of nitrogens with zero attached hydrogens (tertiary/aromatic N) is 3. The predicted molar refractivity (Wildman–Crippen MR) is 81.1 cm³/mol. The SMILES string of the molecule is CCn1ccnc1[C@H]1OCC[C@@H]1NCc1ncccc1C(F)(F)F. The van der Waals surface area contributed by atoms with E-state index in [2.05, 4.69) is 15.3 Å². The van der Waals surface area contributed by atoms with Crippen molar-refractivity contribution < 1.29 is 17.9 Å². The summed E-state index contributed by atoms with van der Waals surface area (Å²) in [4.78, 5) is 8.22. The Hall–Kier alpha value is -1.93. The first-order valence-corrected chi connectivity index (χ1v) is 7.87. The van der Waals surface area contributed by atoms with Gasteiger partial charge in [0.15, 0.2) is 0 Å². The third-order valence-corrected chi connectivity index (χ3v) is 4.16. The molecule has 1 aliphatic heterocycles. The maximum absolute atomic E-state index is 13.0. The van der Waals surface area contributed by atoms with Crippen LogP contribution in [-0.4, -0.2) is 27.2 Å². The van der Waals surface area contributed by atoms with Crippen molar-refractivity contribution in [3.05, 3.63) is 47.8 Å². The van der Waals surface area contributed by atoms with E-state index in [1.54, 1.807) is 6.20 Å². The smallest absolute Gasteiger partial charge is 0.369 e. The minimum atomic E-state index is -4.41. The number of hydrogen-bond acceptors (Lipinski definition) is 4. The van der Waals surface area contributed by atoms with E-state index in [4.69, 9.17) is 4.74 Å². The van der Waals surface area contributed by atoms with Crippen LogP contribution in [0, 0.1) is 0 Å². The lowest BCUT2D eigenvalue weighted by Gasteiger charge is -2.21. The summed E-state index contributed by atoms with van der Waals surface area (Å²) < 4.78 is 46.9. The van der Waals surface area contributed by atoms with Crippen LogP contribution in [0.3, 0.4) is 0 Å². The molecule has 0 bridgehead atoms. The summed E-state index contributed by atoms with van der Waals surface area (Å²) in [5.74, 6) is 0.796. The Kier molecular flexibility index (Phi) is 4.86. The molecule has 1 aliphatic rings. The molecule has 130 valence electrons. The fourth-order valence-corrected chi connectivity index (χ4v) is 2.96. The molecule has 1 N–H and O–H groups in total. The number of aromatic nitrogens is 3. The van der Waals surface area contributed by atoms with Crippen LogP contribution >= 0.6 is 0 Å². The Labute approximate surface area is 137 Å². The number of imidazole rings is 1. The van der Waals surface area contributed by atoms with Crippen molar-refractivity contribution in [3.63, 3.8) is 0 Å². The van der Waals surface area contributed by atoms with Gasteiger partial charge in [-0.2, -0.15) is 13.2 Å². The number of alkyl halides is 3. The predicted octanol–water partition coefficient (Wildman–Crippen LogP) is 2.94. The first kappa shape index (κ1) is 16.9. The molecule has 0 radical (unpaired) electrons. The molecule has 5 nitrogen and oxygen atoms in total. The molecule has 3 heterocycles. The second-order valence-corrected chi connectivity index (χ2v) is 5.63. The third-order valence-electron chi connectivity index (χ3n) is 4.16. The van der Waals surface area contributed by atoms with Gasteiger partial charge < -0.3 is 14.6 Å². The molecular weight excluding hydrogens is 321 g/mol. The zero-order valence-electron chi connectivity index (χ0n) is 13.3. The largest absolute Gasteiger partial charge is 0.418 e. The monoisotopic (exact) mass is 340 g/mol. The molecule has 0 spiro atoms. The molecule has 0 aromatic carbocycles. The highest BCUT2D eigenvalue weighted by molar-refractivity contribution is 5.23. The molecule has 3 rings (SSSR count). The van der Waals surface area contributed by atoms with Gasteiger partial charge in [0.05, 0.1) is 11.3 Å². The fraction of sp³-hybridized carbons (Fsp3) is 0.500. The van der Waals surface area contributed by atoms with Crippen LogP contribution in [0.1, 0.15) is 36.5 Å². The Morgan fingerprint density at radius 2 is 2.17 bits per heavy atom. The lowest BCUT2D eigenvalue weighted by atomic mass is 10.1. The molecular formula is C16H19F3N4O. The second-order valence-electron chi connectivity index (χ2n) is 5.63. The Morgan fingerprint density at radius 1 is 1.33 bits per heavy atom. The Balaban J connectivity index is 1.73. The van der Waals surface area contributed by atoms with Crippen LogP contribution in [-0.2, 0) is 24.0 Å². The standard InChI is InChI=1S/C16H19F3N4O/c1-2-23-8-7-21-15(23)14-12(5-9-24-14)22-10-13-11(16(17,18)19)4-3-6-20-13/h3-4,6-8,12,14,22H,2,5,9-10H2,1H3/t12-,14-/m0/s1. The molecule has 2 aromatic heterocycles. The molecule has 1 fully saturated rings. The number of nitrogens with one attached hydrogen (secondary N) is 1. The Bertz CT molecular complexity index is 686. The minimum absolute atomic E-state index is 0.00511. The van der Waals surface area contributed by atoms with Gasteiger partial charge >= 0.3 is 6.18 Å². The zero-order chi connectivity index (χ0) is 17.2. The van der Waals surface area contributed by atoms with Crippen LogP contribution in [0.2, 0.25) is 0 Å². The van der Waals surface area contributed by atoms with Gasteiger partial charge in [0.2, 0.25) is 0 Å². The van der Waals surface area contributed by atoms with Gasteiger partial charge in [-0.15, -0.1) is 0 Å². The third kappa shape index (κ3) is 3.44. The van der Waals surface area contributed by atoms with Crippen LogP contribution < -0.4 is 5.32 Å². The van der Waals surface area contributed by atoms with E-state index in [1.165, 1.54) is 12.3 Å². The summed E-state index contributed by atoms with van der Waals surface area (Å²) in [6, 6.07) is 2.25. The van der Waals surface area contributed by atoms with Gasteiger partial charge in [0, 0.05) is 44.3 Å². The highest BCUT2D eigenvalue weighted by Gasteiger charge is 2.35. The highest BCUT2D eigenvalue weighted by atomic mass is 19.4. The summed E-state index contributed by atoms with van der Waals surface area (Å²) in [5, 5.41) is 3.16. The molecule has 24 heavy (non-hydrogen) atoms. The number of pyridine rings is 1. The summed E-state index contributed by atoms with van der Waals surface area (Å²) in [6.45, 7) is 3.35. The Morgan fingerprint density at radius 3 is 2.92 bits per heavy atom.